The Balaban J connectivity index is 1.73. The largest absolute Gasteiger partial charge is 0.443 e. The third-order valence-electron chi connectivity index (χ3n) is 6.89. The van der Waals surface area contributed by atoms with E-state index in [4.69, 9.17) is 9.47 Å². The summed E-state index contributed by atoms with van der Waals surface area (Å²) in [5.41, 5.74) is -4.85. The van der Waals surface area contributed by atoms with Crippen LogP contribution in [0.1, 0.15) is 25.0 Å². The van der Waals surface area contributed by atoms with Crippen molar-refractivity contribution in [2.24, 2.45) is 0 Å². The molecule has 0 unspecified atom stereocenters. The normalized spacial score (nSPS) is 10.9. The Morgan fingerprint density at radius 2 is 0.702 bits per heavy atom. The Kier molecular flexibility index (Phi) is 8.70. The van der Waals surface area contributed by atoms with Gasteiger partial charge in [-0.1, -0.05) is 26.0 Å². The maximum absolute atomic E-state index is 12.0. The number of hydrogen-bond acceptors (Lipinski definition) is 14. The first-order chi connectivity index (χ1) is 22.0. The summed E-state index contributed by atoms with van der Waals surface area (Å²) in [6.45, 7) is 3.16. The average molecular weight is 650 g/mol. The molecule has 0 atom stereocenters. The lowest BCUT2D eigenvalue weighted by Gasteiger charge is -2.26. The lowest BCUT2D eigenvalue weighted by molar-refractivity contribution is -0.395. The van der Waals surface area contributed by atoms with E-state index < -0.39 is 92.1 Å². The van der Waals surface area contributed by atoms with Crippen LogP contribution in [0.25, 0.3) is 0 Å². The molecule has 0 aliphatic carbocycles. The second-order valence-corrected chi connectivity index (χ2v) is 10.0. The van der Waals surface area contributed by atoms with Gasteiger partial charge in [-0.25, -0.2) is 0 Å². The quantitative estimate of drug-likeness (QED) is 0.110. The molecule has 4 aromatic rings. The number of rotatable bonds is 12. The van der Waals surface area contributed by atoms with Gasteiger partial charge in [-0.05, 0) is 35.4 Å². The number of hydrogen-bond donors (Lipinski definition) is 0. The zero-order chi connectivity index (χ0) is 34.8. The lowest BCUT2D eigenvalue weighted by atomic mass is 9.77. The summed E-state index contributed by atoms with van der Waals surface area (Å²) in [6.07, 6.45) is 0. The Labute approximate surface area is 260 Å². The summed E-state index contributed by atoms with van der Waals surface area (Å²) in [7, 11) is 0. The molecule has 0 radical (unpaired) electrons. The van der Waals surface area contributed by atoms with Gasteiger partial charge in [0.05, 0.1) is 41.7 Å². The Hall–Kier alpha value is -7.12. The van der Waals surface area contributed by atoms with Gasteiger partial charge in [0.1, 0.15) is 0 Å². The fraction of sp³-hybridized carbons (Fsp3) is 0.111. The number of non-ortho nitro benzene ring substituents is 2. The minimum Gasteiger partial charge on any atom is -0.443 e. The van der Waals surface area contributed by atoms with Crippen molar-refractivity contribution in [1.29, 1.82) is 0 Å². The predicted octanol–water partition coefficient (Wildman–Crippen LogP) is 7.05. The third kappa shape index (κ3) is 6.69. The van der Waals surface area contributed by atoms with Gasteiger partial charge in [0.25, 0.3) is 11.4 Å². The van der Waals surface area contributed by atoms with Gasteiger partial charge in [-0.2, -0.15) is 0 Å². The van der Waals surface area contributed by atoms with E-state index in [2.05, 4.69) is 0 Å². The summed E-state index contributed by atoms with van der Waals surface area (Å²) >= 11 is 0. The van der Waals surface area contributed by atoms with Crippen molar-refractivity contribution in [1.82, 2.24) is 0 Å². The molecule has 0 aliphatic heterocycles. The van der Waals surface area contributed by atoms with Gasteiger partial charge in [0.15, 0.2) is 0 Å². The number of nitro groups is 6. The molecular weight excluding hydrogens is 632 g/mol. The van der Waals surface area contributed by atoms with E-state index in [-0.39, 0.29) is 11.1 Å². The first-order valence-corrected chi connectivity index (χ1v) is 12.8. The topological polar surface area (TPSA) is 277 Å². The number of nitro benzene ring substituents is 6. The first-order valence-electron chi connectivity index (χ1n) is 12.8. The van der Waals surface area contributed by atoms with E-state index in [1.54, 1.807) is 13.8 Å². The molecule has 0 amide bonds. The third-order valence-corrected chi connectivity index (χ3v) is 6.89. The van der Waals surface area contributed by atoms with Crippen LogP contribution in [0.5, 0.6) is 23.0 Å². The summed E-state index contributed by atoms with van der Waals surface area (Å²) in [4.78, 5) is 63.7. The van der Waals surface area contributed by atoms with Gasteiger partial charge < -0.3 is 9.47 Å². The van der Waals surface area contributed by atoms with Crippen molar-refractivity contribution in [2.75, 3.05) is 0 Å². The van der Waals surface area contributed by atoms with Gasteiger partial charge >= 0.3 is 22.7 Å². The van der Waals surface area contributed by atoms with Crippen LogP contribution < -0.4 is 9.47 Å². The number of ether oxygens (including phenoxy) is 2. The lowest BCUT2D eigenvalue weighted by Crippen LogP contribution is -2.19. The van der Waals surface area contributed by atoms with Crippen molar-refractivity contribution in [3.05, 3.63) is 145 Å². The summed E-state index contributed by atoms with van der Waals surface area (Å²) in [5.74, 6) is -1.89. The van der Waals surface area contributed by atoms with Crippen molar-refractivity contribution in [3.8, 4) is 23.0 Å². The van der Waals surface area contributed by atoms with Crippen LogP contribution in [-0.4, -0.2) is 29.5 Å². The highest BCUT2D eigenvalue weighted by Crippen LogP contribution is 2.44. The van der Waals surface area contributed by atoms with E-state index in [9.17, 15) is 60.7 Å². The van der Waals surface area contributed by atoms with E-state index in [1.165, 1.54) is 12.1 Å². The number of nitrogens with zero attached hydrogens (tertiary/aromatic N) is 6. The minimum atomic E-state index is -1.19. The standard InChI is InChI=1S/C27H18N6O14/c1-27(2,15-3-7-23(19(11-15)30(38)39)46-25-9-5-17(28(34)35)13-21(25)32(42)43)16-4-8-24(20(12-16)31(40)41)47-26-10-6-18(29(36)37)14-22(26)33(44)45/h3-14H,1-2H3. The highest BCUT2D eigenvalue weighted by atomic mass is 16.7. The highest BCUT2D eigenvalue weighted by molar-refractivity contribution is 5.61. The fourth-order valence-corrected chi connectivity index (χ4v) is 4.37. The molecule has 0 spiro atoms. The number of benzene rings is 4. The van der Waals surface area contributed by atoms with Gasteiger partial charge in [0, 0.05) is 29.7 Å². The molecule has 0 bridgehead atoms. The molecule has 0 aliphatic rings. The van der Waals surface area contributed by atoms with E-state index >= 15 is 0 Å². The predicted molar refractivity (Wildman–Crippen MR) is 158 cm³/mol. The molecule has 0 saturated heterocycles. The molecule has 4 rings (SSSR count). The van der Waals surface area contributed by atoms with Gasteiger partial charge in [-0.3, -0.25) is 60.7 Å². The van der Waals surface area contributed by atoms with Crippen LogP contribution in [0, 0.1) is 60.7 Å². The Bertz CT molecular complexity index is 1870. The molecular formula is C27H18N6O14. The zero-order valence-corrected chi connectivity index (χ0v) is 23.8. The van der Waals surface area contributed by atoms with Gasteiger partial charge in [-0.15, -0.1) is 0 Å². The maximum atomic E-state index is 12.0. The second-order valence-electron chi connectivity index (χ2n) is 10.0. The molecule has 20 nitrogen and oxygen atoms in total. The molecule has 47 heavy (non-hydrogen) atoms. The van der Waals surface area contributed by atoms with Crippen molar-refractivity contribution >= 4 is 34.1 Å². The summed E-state index contributed by atoms with van der Waals surface area (Å²) in [5, 5.41) is 69.0. The van der Waals surface area contributed by atoms with E-state index in [1.807, 2.05) is 0 Å². The Morgan fingerprint density at radius 3 is 0.979 bits per heavy atom. The zero-order valence-electron chi connectivity index (χ0n) is 23.8. The molecule has 0 fully saturated rings. The molecule has 0 N–H and O–H groups in total. The maximum Gasteiger partial charge on any atom is 0.318 e. The molecule has 4 aromatic carbocycles. The van der Waals surface area contributed by atoms with Crippen LogP contribution in [-0.2, 0) is 5.41 Å². The molecule has 0 heterocycles. The van der Waals surface area contributed by atoms with Crippen LogP contribution in [0.2, 0.25) is 0 Å². The highest BCUT2D eigenvalue weighted by Gasteiger charge is 2.32. The smallest absolute Gasteiger partial charge is 0.318 e. The molecule has 20 heteroatoms. The summed E-state index contributed by atoms with van der Waals surface area (Å²) < 4.78 is 10.9. The van der Waals surface area contributed by atoms with E-state index in [0.29, 0.717) is 12.1 Å². The average Bonchev–Trinajstić information content (AvgIpc) is 3.00. The first kappa shape index (κ1) is 32.8. The Morgan fingerprint density at radius 1 is 0.426 bits per heavy atom. The van der Waals surface area contributed by atoms with Crippen molar-refractivity contribution in [3.63, 3.8) is 0 Å². The minimum absolute atomic E-state index is 0.240. The second kappa shape index (κ2) is 12.5. The van der Waals surface area contributed by atoms with Crippen LogP contribution in [0.4, 0.5) is 34.1 Å². The molecule has 0 saturated carbocycles. The fourth-order valence-electron chi connectivity index (χ4n) is 4.37. The van der Waals surface area contributed by atoms with Crippen molar-refractivity contribution in [2.45, 2.75) is 19.3 Å². The van der Waals surface area contributed by atoms with Crippen LogP contribution >= 0.6 is 0 Å². The van der Waals surface area contributed by atoms with Crippen molar-refractivity contribution < 1.29 is 39.0 Å². The van der Waals surface area contributed by atoms with Gasteiger partial charge in [0.2, 0.25) is 23.0 Å². The van der Waals surface area contributed by atoms with E-state index in [0.717, 1.165) is 48.5 Å². The monoisotopic (exact) mass is 650 g/mol. The van der Waals surface area contributed by atoms with Crippen LogP contribution in [0.15, 0.2) is 72.8 Å². The molecule has 0 aromatic heterocycles. The summed E-state index contributed by atoms with van der Waals surface area (Å²) in [6, 6.07) is 12.2. The molecule has 240 valence electrons. The SMILES string of the molecule is CC(C)(c1ccc(Oc2ccc([N+](=O)[O-])cc2[N+](=O)[O-])c([N+](=O)[O-])c1)c1ccc(Oc2ccc([N+](=O)[O-])cc2[N+](=O)[O-])c([N+](=O)[O-])c1. The van der Waals surface area contributed by atoms with Crippen LogP contribution in [0.3, 0.4) is 0 Å².